The van der Waals surface area contributed by atoms with Crippen molar-refractivity contribution in [1.29, 1.82) is 0 Å². The Morgan fingerprint density at radius 2 is 2.00 bits per heavy atom. The summed E-state index contributed by atoms with van der Waals surface area (Å²) >= 11 is 0. The van der Waals surface area contributed by atoms with Gasteiger partial charge in [0.25, 0.3) is 0 Å². The highest BCUT2D eigenvalue weighted by molar-refractivity contribution is 6.04. The van der Waals surface area contributed by atoms with Crippen molar-refractivity contribution in [3.63, 3.8) is 0 Å². The van der Waals surface area contributed by atoms with Crippen molar-refractivity contribution in [1.82, 2.24) is 9.38 Å². The van der Waals surface area contributed by atoms with E-state index in [1.165, 1.54) is 23.0 Å². The van der Waals surface area contributed by atoms with Crippen LogP contribution in [0, 0.1) is 0 Å². The number of hydrogen-bond donors (Lipinski definition) is 0. The van der Waals surface area contributed by atoms with Crippen LogP contribution in [0.1, 0.15) is 17.7 Å². The average Bonchev–Trinajstić information content (AvgIpc) is 2.63. The van der Waals surface area contributed by atoms with Crippen LogP contribution >= 0.6 is 0 Å². The van der Waals surface area contributed by atoms with Gasteiger partial charge in [0, 0.05) is 25.0 Å². The lowest BCUT2D eigenvalue weighted by Gasteiger charge is -2.05. The molecule has 0 atom stereocenters. The Labute approximate surface area is 112 Å². The Hall–Kier alpha value is -2.44. The van der Waals surface area contributed by atoms with E-state index in [1.54, 1.807) is 6.20 Å². The van der Waals surface area contributed by atoms with Crippen LogP contribution < -0.4 is 0 Å². The minimum absolute atomic E-state index is 0.445. The van der Waals surface area contributed by atoms with Gasteiger partial charge < -0.3 is 4.40 Å². The van der Waals surface area contributed by atoms with Gasteiger partial charge in [-0.2, -0.15) is 13.2 Å². The van der Waals surface area contributed by atoms with Gasteiger partial charge in [0.05, 0.1) is 11.3 Å². The first-order valence-corrected chi connectivity index (χ1v) is 5.84. The minimum atomic E-state index is -4.37. The van der Waals surface area contributed by atoms with E-state index >= 15 is 0 Å². The van der Waals surface area contributed by atoms with Gasteiger partial charge >= 0.3 is 6.18 Å². The maximum Gasteiger partial charge on any atom is 0.417 e. The monoisotopic (exact) mass is 278 g/mol. The lowest BCUT2D eigenvalue weighted by Crippen LogP contribution is -2.05. The Balaban J connectivity index is 2.05. The van der Waals surface area contributed by atoms with Gasteiger partial charge in [-0.3, -0.25) is 0 Å². The molecular weight excluding hydrogens is 269 g/mol. The first-order valence-electron chi connectivity index (χ1n) is 5.84. The highest BCUT2D eigenvalue weighted by atomic mass is 19.4. The van der Waals surface area contributed by atoms with Crippen molar-refractivity contribution in [2.24, 2.45) is 9.98 Å². The fraction of sp³-hybridized carbons (Fsp3) is 0.154. The van der Waals surface area contributed by atoms with Gasteiger partial charge in [-0.1, -0.05) is 6.08 Å². The zero-order valence-corrected chi connectivity index (χ0v) is 10.2. The zero-order valence-electron chi connectivity index (χ0n) is 10.2. The van der Waals surface area contributed by atoms with Crippen LogP contribution in [0.4, 0.5) is 13.2 Å². The fourth-order valence-electron chi connectivity index (χ4n) is 1.89. The Bertz CT molecular complexity index is 738. The first kappa shape index (κ1) is 12.6. The molecular formula is C13H9F3N4. The highest BCUT2D eigenvalue weighted by Crippen LogP contribution is 2.29. The number of allylic oxidation sites excluding steroid dienone is 1. The number of nitrogens with zero attached hydrogens (tertiary/aromatic N) is 4. The molecule has 0 unspecified atom stereocenters. The van der Waals surface area contributed by atoms with Crippen LogP contribution in [0.2, 0.25) is 0 Å². The number of rotatable bonds is 1. The Morgan fingerprint density at radius 3 is 2.80 bits per heavy atom. The van der Waals surface area contributed by atoms with Crippen molar-refractivity contribution < 1.29 is 13.2 Å². The summed E-state index contributed by atoms with van der Waals surface area (Å²) in [5.74, 6) is 0. The van der Waals surface area contributed by atoms with Gasteiger partial charge in [0.2, 0.25) is 0 Å². The SMILES string of the molecule is FC(F)(F)c1ccc2nc(C3=NC=NC=CC3)cn2c1. The summed E-state index contributed by atoms with van der Waals surface area (Å²) in [6.07, 6.45) is 3.55. The van der Waals surface area contributed by atoms with E-state index in [9.17, 15) is 13.2 Å². The molecule has 1 aliphatic heterocycles. The molecule has 0 saturated carbocycles. The summed E-state index contributed by atoms with van der Waals surface area (Å²) in [4.78, 5) is 12.3. The van der Waals surface area contributed by atoms with E-state index in [0.29, 0.717) is 23.5 Å². The molecule has 0 spiro atoms. The normalized spacial score (nSPS) is 15.4. The number of hydrogen-bond acceptors (Lipinski definition) is 3. The summed E-state index contributed by atoms with van der Waals surface area (Å²) in [5.41, 5.74) is 0.946. The van der Waals surface area contributed by atoms with Crippen LogP contribution in [0.5, 0.6) is 0 Å². The van der Waals surface area contributed by atoms with Crippen molar-refractivity contribution in [3.8, 4) is 0 Å². The standard InChI is InChI=1S/C13H9F3N4/c14-13(15,16)9-3-4-12-19-11(7-20(12)6-9)10-2-1-5-17-8-18-10/h1,3-8H,2H2. The van der Waals surface area contributed by atoms with Crippen molar-refractivity contribution in [2.75, 3.05) is 0 Å². The maximum atomic E-state index is 12.6. The molecule has 102 valence electrons. The second-order valence-electron chi connectivity index (χ2n) is 4.24. The molecule has 0 saturated heterocycles. The number of aromatic nitrogens is 2. The predicted molar refractivity (Wildman–Crippen MR) is 69.0 cm³/mol. The van der Waals surface area contributed by atoms with Crippen LogP contribution in [0.15, 0.2) is 46.8 Å². The zero-order chi connectivity index (χ0) is 14.2. The molecule has 4 nitrogen and oxygen atoms in total. The van der Waals surface area contributed by atoms with Crippen molar-refractivity contribution in [3.05, 3.63) is 48.1 Å². The topological polar surface area (TPSA) is 42.0 Å². The van der Waals surface area contributed by atoms with E-state index in [0.717, 1.165) is 12.3 Å². The van der Waals surface area contributed by atoms with E-state index in [2.05, 4.69) is 15.0 Å². The summed E-state index contributed by atoms with van der Waals surface area (Å²) in [5, 5.41) is 0. The third-order valence-corrected chi connectivity index (χ3v) is 2.86. The molecule has 20 heavy (non-hydrogen) atoms. The average molecular weight is 278 g/mol. The second-order valence-corrected chi connectivity index (χ2v) is 4.24. The number of alkyl halides is 3. The molecule has 1 aliphatic rings. The number of halogens is 3. The Kier molecular flexibility index (Phi) is 2.89. The third-order valence-electron chi connectivity index (χ3n) is 2.86. The molecule has 7 heteroatoms. The van der Waals surface area contributed by atoms with Crippen molar-refractivity contribution >= 4 is 17.7 Å². The van der Waals surface area contributed by atoms with Crippen molar-refractivity contribution in [2.45, 2.75) is 12.6 Å². The first-order chi connectivity index (χ1) is 9.54. The molecule has 3 rings (SSSR count). The molecule has 0 bridgehead atoms. The molecule has 0 aliphatic carbocycles. The van der Waals surface area contributed by atoms with Gasteiger partial charge in [0.15, 0.2) is 0 Å². The molecule has 2 aromatic heterocycles. The molecule has 0 amide bonds. The minimum Gasteiger partial charge on any atom is -0.306 e. The smallest absolute Gasteiger partial charge is 0.306 e. The number of pyridine rings is 1. The van der Waals surface area contributed by atoms with Gasteiger partial charge in [-0.25, -0.2) is 15.0 Å². The summed E-state index contributed by atoms with van der Waals surface area (Å²) in [6, 6.07) is 2.36. The number of fused-ring (bicyclic) bond motifs is 1. The molecule has 3 heterocycles. The van der Waals surface area contributed by atoms with Crippen LogP contribution in [0.25, 0.3) is 5.65 Å². The third kappa shape index (κ3) is 2.34. The Morgan fingerprint density at radius 1 is 1.15 bits per heavy atom. The van der Waals surface area contributed by atoms with Crippen LogP contribution in [-0.4, -0.2) is 21.4 Å². The molecule has 2 aromatic rings. The largest absolute Gasteiger partial charge is 0.417 e. The van der Waals surface area contributed by atoms with Crippen LogP contribution in [-0.2, 0) is 6.18 Å². The lowest BCUT2D eigenvalue weighted by molar-refractivity contribution is -0.137. The summed E-state index contributed by atoms with van der Waals surface area (Å²) < 4.78 is 39.3. The van der Waals surface area contributed by atoms with Gasteiger partial charge in [-0.15, -0.1) is 0 Å². The maximum absolute atomic E-state index is 12.6. The molecule has 0 fully saturated rings. The van der Waals surface area contributed by atoms with Gasteiger partial charge in [-0.05, 0) is 12.1 Å². The highest BCUT2D eigenvalue weighted by Gasteiger charge is 2.30. The number of imidazole rings is 1. The lowest BCUT2D eigenvalue weighted by atomic mass is 10.2. The molecule has 0 N–H and O–H groups in total. The van der Waals surface area contributed by atoms with Gasteiger partial charge in [0.1, 0.15) is 17.7 Å². The van der Waals surface area contributed by atoms with E-state index in [1.807, 2.05) is 6.08 Å². The second kappa shape index (κ2) is 4.59. The van der Waals surface area contributed by atoms with E-state index in [4.69, 9.17) is 0 Å². The van der Waals surface area contributed by atoms with Crippen LogP contribution in [0.3, 0.4) is 0 Å². The molecule has 0 aromatic carbocycles. The summed E-state index contributed by atoms with van der Waals surface area (Å²) in [7, 11) is 0. The predicted octanol–water partition coefficient (Wildman–Crippen LogP) is 3.09. The molecule has 0 radical (unpaired) electrons. The van der Waals surface area contributed by atoms with E-state index < -0.39 is 11.7 Å². The quantitative estimate of drug-likeness (QED) is 0.790. The summed E-state index contributed by atoms with van der Waals surface area (Å²) in [6.45, 7) is 0. The number of aliphatic imine (C=N–C) groups is 2. The van der Waals surface area contributed by atoms with E-state index in [-0.39, 0.29) is 0 Å². The fourth-order valence-corrected chi connectivity index (χ4v) is 1.89.